The van der Waals surface area contributed by atoms with Gasteiger partial charge in [-0.15, -0.1) is 0 Å². The average molecular weight is 344 g/mol. The van der Waals surface area contributed by atoms with Gasteiger partial charge in [-0.1, -0.05) is 71.1 Å². The lowest BCUT2D eigenvalue weighted by molar-refractivity contribution is -0.139. The Morgan fingerprint density at radius 3 is 1.79 bits per heavy atom. The van der Waals surface area contributed by atoms with Crippen molar-refractivity contribution >= 4 is 12.1 Å². The summed E-state index contributed by atoms with van der Waals surface area (Å²) in [5.74, 6) is -1.00. The molecule has 0 rings (SSSR count). The lowest BCUT2D eigenvalue weighted by Crippen LogP contribution is -2.43. The first kappa shape index (κ1) is 22.7. The number of aliphatic carboxylic acids is 1. The molecule has 0 saturated heterocycles. The highest BCUT2D eigenvalue weighted by Gasteiger charge is 2.23. The molecule has 0 unspecified atom stereocenters. The third-order valence-electron chi connectivity index (χ3n) is 3.84. The van der Waals surface area contributed by atoms with Crippen molar-refractivity contribution < 1.29 is 19.4 Å². The zero-order valence-electron chi connectivity index (χ0n) is 16.0. The first-order valence-corrected chi connectivity index (χ1v) is 9.48. The molecule has 1 atom stereocenters. The highest BCUT2D eigenvalue weighted by Crippen LogP contribution is 2.13. The molecule has 2 N–H and O–H groups in total. The van der Waals surface area contributed by atoms with Crippen LogP contribution in [0.15, 0.2) is 0 Å². The maximum Gasteiger partial charge on any atom is 0.408 e. The maximum absolute atomic E-state index is 11.7. The second-order valence-electron chi connectivity index (χ2n) is 7.51. The molecule has 0 aliphatic rings. The monoisotopic (exact) mass is 343 g/mol. The summed E-state index contributed by atoms with van der Waals surface area (Å²) in [6, 6.07) is -0.867. The molecule has 0 aliphatic heterocycles. The summed E-state index contributed by atoms with van der Waals surface area (Å²) >= 11 is 0. The number of carbonyl (C=O) groups is 2. The molecule has 0 spiro atoms. The number of unbranched alkanes of at least 4 members (excludes halogenated alkanes) is 9. The molecule has 1 amide bonds. The van der Waals surface area contributed by atoms with Crippen molar-refractivity contribution in [3.63, 3.8) is 0 Å². The Balaban J connectivity index is 3.76. The van der Waals surface area contributed by atoms with Crippen LogP contribution in [-0.2, 0) is 9.53 Å². The number of nitrogens with one attached hydrogen (secondary N) is 1. The second kappa shape index (κ2) is 13.1. The molecule has 0 heterocycles. The minimum atomic E-state index is -1.00. The van der Waals surface area contributed by atoms with Crippen molar-refractivity contribution in [3.8, 4) is 0 Å². The summed E-state index contributed by atoms with van der Waals surface area (Å²) in [7, 11) is 0. The number of carboxylic acid groups (broad SMARTS) is 1. The molecule has 0 aliphatic carbocycles. The first-order valence-electron chi connectivity index (χ1n) is 9.48. The maximum atomic E-state index is 11.7. The van der Waals surface area contributed by atoms with Gasteiger partial charge in [-0.2, -0.15) is 0 Å². The van der Waals surface area contributed by atoms with Gasteiger partial charge in [-0.05, 0) is 27.2 Å². The molecule has 0 aromatic heterocycles. The Morgan fingerprint density at radius 1 is 0.917 bits per heavy atom. The molecule has 0 radical (unpaired) electrons. The number of carboxylic acids is 1. The third kappa shape index (κ3) is 14.3. The summed E-state index contributed by atoms with van der Waals surface area (Å²) in [6.45, 7) is 7.49. The quantitative estimate of drug-likeness (QED) is 0.446. The van der Waals surface area contributed by atoms with Crippen molar-refractivity contribution in [2.75, 3.05) is 0 Å². The van der Waals surface area contributed by atoms with E-state index in [1.54, 1.807) is 20.8 Å². The molecule has 0 saturated carbocycles. The van der Waals surface area contributed by atoms with Gasteiger partial charge in [-0.25, -0.2) is 9.59 Å². The van der Waals surface area contributed by atoms with E-state index >= 15 is 0 Å². The number of hydrogen-bond acceptors (Lipinski definition) is 3. The second-order valence-corrected chi connectivity index (χ2v) is 7.51. The predicted molar refractivity (Wildman–Crippen MR) is 97.3 cm³/mol. The van der Waals surface area contributed by atoms with Crippen LogP contribution in [0.1, 0.15) is 98.3 Å². The largest absolute Gasteiger partial charge is 0.480 e. The molecule has 0 aromatic carbocycles. The van der Waals surface area contributed by atoms with Crippen molar-refractivity contribution in [1.82, 2.24) is 5.32 Å². The summed E-state index contributed by atoms with van der Waals surface area (Å²) < 4.78 is 5.10. The van der Waals surface area contributed by atoms with Gasteiger partial charge in [0.25, 0.3) is 0 Å². The Morgan fingerprint density at radius 2 is 1.38 bits per heavy atom. The van der Waals surface area contributed by atoms with E-state index in [4.69, 9.17) is 4.74 Å². The summed E-state index contributed by atoms with van der Waals surface area (Å²) in [5.41, 5.74) is -0.621. The van der Waals surface area contributed by atoms with Crippen LogP contribution in [0.25, 0.3) is 0 Å². The van der Waals surface area contributed by atoms with E-state index in [-0.39, 0.29) is 0 Å². The predicted octanol–water partition coefficient (Wildman–Crippen LogP) is 5.28. The number of carbonyl (C=O) groups excluding carboxylic acids is 1. The van der Waals surface area contributed by atoms with Gasteiger partial charge in [0.05, 0.1) is 0 Å². The van der Waals surface area contributed by atoms with Crippen LogP contribution in [-0.4, -0.2) is 28.8 Å². The fourth-order valence-electron chi connectivity index (χ4n) is 2.54. The van der Waals surface area contributed by atoms with Crippen LogP contribution in [0.2, 0.25) is 0 Å². The van der Waals surface area contributed by atoms with Crippen molar-refractivity contribution in [2.24, 2.45) is 0 Å². The molecule has 0 bridgehead atoms. The van der Waals surface area contributed by atoms with Crippen LogP contribution >= 0.6 is 0 Å². The summed E-state index contributed by atoms with van der Waals surface area (Å²) in [6.07, 6.45) is 11.8. The zero-order valence-corrected chi connectivity index (χ0v) is 16.0. The molecule has 5 nitrogen and oxygen atoms in total. The number of amides is 1. The van der Waals surface area contributed by atoms with Gasteiger partial charge < -0.3 is 15.2 Å². The molecule has 24 heavy (non-hydrogen) atoms. The Labute approximate surface area is 147 Å². The fourth-order valence-corrected chi connectivity index (χ4v) is 2.54. The van der Waals surface area contributed by atoms with Crippen molar-refractivity contribution in [3.05, 3.63) is 0 Å². The topological polar surface area (TPSA) is 75.6 Å². The van der Waals surface area contributed by atoms with E-state index in [1.807, 2.05) is 0 Å². The van der Waals surface area contributed by atoms with Crippen LogP contribution < -0.4 is 5.32 Å². The molecule has 142 valence electrons. The van der Waals surface area contributed by atoms with E-state index in [9.17, 15) is 14.7 Å². The fraction of sp³-hybridized carbons (Fsp3) is 0.895. The smallest absolute Gasteiger partial charge is 0.408 e. The highest BCUT2D eigenvalue weighted by atomic mass is 16.6. The molecule has 5 heteroatoms. The SMILES string of the molecule is CCCCCCCCCCCC[C@@H](NC(=O)OC(C)(C)C)C(=O)O. The number of rotatable bonds is 13. The van der Waals surface area contributed by atoms with Crippen molar-refractivity contribution in [2.45, 2.75) is 110 Å². The zero-order chi connectivity index (χ0) is 18.4. The minimum Gasteiger partial charge on any atom is -0.480 e. The number of hydrogen-bond donors (Lipinski definition) is 2. The van der Waals surface area contributed by atoms with Crippen LogP contribution in [0.5, 0.6) is 0 Å². The van der Waals surface area contributed by atoms with Gasteiger partial charge in [0.1, 0.15) is 11.6 Å². The van der Waals surface area contributed by atoms with Gasteiger partial charge in [0.2, 0.25) is 0 Å². The van der Waals surface area contributed by atoms with Crippen molar-refractivity contribution in [1.29, 1.82) is 0 Å². The number of alkyl carbamates (subject to hydrolysis) is 1. The third-order valence-corrected chi connectivity index (χ3v) is 3.84. The van der Waals surface area contributed by atoms with Gasteiger partial charge in [-0.3, -0.25) is 0 Å². The highest BCUT2D eigenvalue weighted by molar-refractivity contribution is 5.79. The van der Waals surface area contributed by atoms with Gasteiger partial charge >= 0.3 is 12.1 Å². The first-order chi connectivity index (χ1) is 11.3. The van der Waals surface area contributed by atoms with Gasteiger partial charge in [0.15, 0.2) is 0 Å². The van der Waals surface area contributed by atoms with Crippen LogP contribution in [0.3, 0.4) is 0 Å². The van der Waals surface area contributed by atoms with E-state index in [0.29, 0.717) is 6.42 Å². The van der Waals surface area contributed by atoms with E-state index in [1.165, 1.54) is 44.9 Å². The lowest BCUT2D eigenvalue weighted by Gasteiger charge is -2.22. The molecular weight excluding hydrogens is 306 g/mol. The Hall–Kier alpha value is -1.26. The lowest BCUT2D eigenvalue weighted by atomic mass is 10.0. The molecule has 0 aromatic rings. The molecular formula is C19H37NO4. The van der Waals surface area contributed by atoms with Crippen LogP contribution in [0.4, 0.5) is 4.79 Å². The van der Waals surface area contributed by atoms with Crippen LogP contribution in [0, 0.1) is 0 Å². The van der Waals surface area contributed by atoms with E-state index in [0.717, 1.165) is 19.3 Å². The Bertz CT molecular complexity index is 350. The van der Waals surface area contributed by atoms with Gasteiger partial charge in [0, 0.05) is 0 Å². The standard InChI is InChI=1S/C19H37NO4/c1-5-6-7-8-9-10-11-12-13-14-15-16(17(21)22)20-18(23)24-19(2,3)4/h16H,5-15H2,1-4H3,(H,20,23)(H,21,22)/t16-/m1/s1. The van der Waals surface area contributed by atoms with E-state index in [2.05, 4.69) is 12.2 Å². The summed E-state index contributed by atoms with van der Waals surface area (Å²) in [5, 5.41) is 11.6. The number of ether oxygens (including phenoxy) is 1. The normalized spacial score (nSPS) is 12.7. The average Bonchev–Trinajstić information content (AvgIpc) is 2.45. The minimum absolute atomic E-state index is 0.449. The summed E-state index contributed by atoms with van der Waals surface area (Å²) in [4.78, 5) is 22.9. The van der Waals surface area contributed by atoms with E-state index < -0.39 is 23.7 Å². The Kier molecular flexibility index (Phi) is 12.4. The molecule has 0 fully saturated rings.